The maximum absolute atomic E-state index is 9.38. The largest absolute Gasteiger partial charge is 0.508 e. The van der Waals surface area contributed by atoms with E-state index >= 15 is 0 Å². The van der Waals surface area contributed by atoms with Crippen LogP contribution in [0, 0.1) is 0 Å². The molecule has 2 heterocycles. The van der Waals surface area contributed by atoms with E-state index in [1.54, 1.807) is 18.3 Å². The van der Waals surface area contributed by atoms with Crippen molar-refractivity contribution < 1.29 is 5.11 Å². The first kappa shape index (κ1) is 15.0. The molecule has 0 amide bonds. The molecule has 0 radical (unpaired) electrons. The minimum absolute atomic E-state index is 0.240. The molecular weight excluding hydrogens is 344 g/mol. The topological polar surface area (TPSA) is 73.8 Å². The van der Waals surface area contributed by atoms with Crippen LogP contribution in [0.1, 0.15) is 4.88 Å². The predicted molar refractivity (Wildman–Crippen MR) is 97.6 cm³/mol. The molecule has 0 unspecified atom stereocenters. The zero-order chi connectivity index (χ0) is 16.5. The highest BCUT2D eigenvalue weighted by molar-refractivity contribution is 7.15. The van der Waals surface area contributed by atoms with E-state index in [1.165, 1.54) is 11.3 Å². The van der Waals surface area contributed by atoms with Crippen LogP contribution in [0.3, 0.4) is 0 Å². The zero-order valence-corrected chi connectivity index (χ0v) is 14.0. The van der Waals surface area contributed by atoms with Crippen LogP contribution >= 0.6 is 22.9 Å². The molecule has 0 fully saturated rings. The zero-order valence-electron chi connectivity index (χ0n) is 12.5. The van der Waals surface area contributed by atoms with Gasteiger partial charge in [0.05, 0.1) is 17.6 Å². The summed E-state index contributed by atoms with van der Waals surface area (Å²) in [6, 6.07) is 12.9. The van der Waals surface area contributed by atoms with Crippen molar-refractivity contribution in [2.75, 3.05) is 5.32 Å². The highest BCUT2D eigenvalue weighted by atomic mass is 35.5. The molecule has 0 spiro atoms. The number of thiazole rings is 1. The van der Waals surface area contributed by atoms with Gasteiger partial charge >= 0.3 is 0 Å². The lowest BCUT2D eigenvalue weighted by atomic mass is 10.2. The Morgan fingerprint density at radius 2 is 2.00 bits per heavy atom. The van der Waals surface area contributed by atoms with E-state index in [1.807, 2.05) is 30.3 Å². The van der Waals surface area contributed by atoms with Gasteiger partial charge in [-0.25, -0.2) is 9.97 Å². The van der Waals surface area contributed by atoms with E-state index in [0.29, 0.717) is 11.0 Å². The summed E-state index contributed by atoms with van der Waals surface area (Å²) < 4.78 is 0.550. The molecule has 0 atom stereocenters. The van der Waals surface area contributed by atoms with Crippen LogP contribution in [-0.2, 0) is 6.54 Å². The molecule has 7 heteroatoms. The third kappa shape index (κ3) is 3.06. The van der Waals surface area contributed by atoms with E-state index in [-0.39, 0.29) is 5.75 Å². The maximum atomic E-state index is 9.38. The molecule has 24 heavy (non-hydrogen) atoms. The first-order chi connectivity index (χ1) is 11.7. The van der Waals surface area contributed by atoms with E-state index in [9.17, 15) is 5.11 Å². The van der Waals surface area contributed by atoms with E-state index in [0.717, 1.165) is 33.0 Å². The SMILES string of the molecule is Oc1ccc(-c2nc3ccc(NCc4cnc(Cl)s4)cc3[nH]2)cc1. The minimum Gasteiger partial charge on any atom is -0.508 e. The van der Waals surface area contributed by atoms with Gasteiger partial charge in [0.2, 0.25) is 0 Å². The molecule has 4 aromatic rings. The third-order valence-electron chi connectivity index (χ3n) is 3.61. The normalized spacial score (nSPS) is 11.0. The highest BCUT2D eigenvalue weighted by Gasteiger charge is 2.07. The van der Waals surface area contributed by atoms with Gasteiger partial charge in [0.25, 0.3) is 0 Å². The van der Waals surface area contributed by atoms with Gasteiger partial charge in [-0.1, -0.05) is 11.6 Å². The molecule has 3 N–H and O–H groups in total. The smallest absolute Gasteiger partial charge is 0.183 e. The van der Waals surface area contributed by atoms with Crippen LogP contribution < -0.4 is 5.32 Å². The Balaban J connectivity index is 1.57. The van der Waals surface area contributed by atoms with Crippen LogP contribution in [0.2, 0.25) is 4.47 Å². The second kappa shape index (κ2) is 6.14. The fourth-order valence-electron chi connectivity index (χ4n) is 2.43. The van der Waals surface area contributed by atoms with Gasteiger partial charge in [-0.2, -0.15) is 0 Å². The van der Waals surface area contributed by atoms with Crippen molar-refractivity contribution >= 4 is 39.7 Å². The molecule has 0 aliphatic heterocycles. The summed E-state index contributed by atoms with van der Waals surface area (Å²) in [4.78, 5) is 13.0. The van der Waals surface area contributed by atoms with Crippen molar-refractivity contribution in [3.05, 3.63) is 58.0 Å². The van der Waals surface area contributed by atoms with Crippen LogP contribution in [0.25, 0.3) is 22.4 Å². The summed E-state index contributed by atoms with van der Waals surface area (Å²) in [7, 11) is 0. The summed E-state index contributed by atoms with van der Waals surface area (Å²) >= 11 is 7.31. The van der Waals surface area contributed by atoms with E-state index < -0.39 is 0 Å². The van der Waals surface area contributed by atoms with Crippen LogP contribution in [0.5, 0.6) is 5.75 Å². The Kier molecular flexibility index (Phi) is 3.84. The number of fused-ring (bicyclic) bond motifs is 1. The maximum Gasteiger partial charge on any atom is 0.183 e. The Hall–Kier alpha value is -2.57. The quantitative estimate of drug-likeness (QED) is 0.497. The van der Waals surface area contributed by atoms with Gasteiger partial charge in [-0.3, -0.25) is 0 Å². The second-order valence-corrected chi connectivity index (χ2v) is 6.99. The molecule has 0 saturated carbocycles. The first-order valence-electron chi connectivity index (χ1n) is 7.31. The number of phenolic OH excluding ortho intramolecular Hbond substituents is 1. The molecule has 5 nitrogen and oxygen atoms in total. The molecule has 120 valence electrons. The molecule has 0 bridgehead atoms. The number of aromatic hydroxyl groups is 1. The van der Waals surface area contributed by atoms with Gasteiger partial charge in [0.15, 0.2) is 4.47 Å². The predicted octanol–water partition coefficient (Wildman–Crippen LogP) is 4.66. The number of nitrogens with one attached hydrogen (secondary N) is 2. The summed E-state index contributed by atoms with van der Waals surface area (Å²) in [6.07, 6.45) is 1.78. The number of imidazole rings is 1. The van der Waals surface area contributed by atoms with Gasteiger partial charge in [-0.15, -0.1) is 11.3 Å². The standard InChI is InChI=1S/C17H13ClN4OS/c18-17-20-9-13(24-17)8-19-11-3-6-14-15(7-11)22-16(21-14)10-1-4-12(23)5-2-10/h1-7,9,19,23H,8H2,(H,21,22). The number of aromatic nitrogens is 3. The first-order valence-corrected chi connectivity index (χ1v) is 8.50. The molecule has 0 saturated heterocycles. The fourth-order valence-corrected chi connectivity index (χ4v) is 3.35. The number of nitrogens with zero attached hydrogens (tertiary/aromatic N) is 2. The average molecular weight is 357 g/mol. The third-order valence-corrected chi connectivity index (χ3v) is 4.73. The van der Waals surface area contributed by atoms with Crippen molar-refractivity contribution in [1.29, 1.82) is 0 Å². The molecular formula is C17H13ClN4OS. The Labute approximate surface area is 147 Å². The lowest BCUT2D eigenvalue weighted by Gasteiger charge is -2.03. The van der Waals surface area contributed by atoms with Crippen LogP contribution in [0.15, 0.2) is 48.7 Å². The van der Waals surface area contributed by atoms with Crippen LogP contribution in [-0.4, -0.2) is 20.1 Å². The van der Waals surface area contributed by atoms with Gasteiger partial charge in [0, 0.05) is 22.3 Å². The number of halogens is 1. The van der Waals surface area contributed by atoms with Crippen LogP contribution in [0.4, 0.5) is 5.69 Å². The molecule has 2 aromatic heterocycles. The number of anilines is 1. The number of H-pyrrole nitrogens is 1. The lowest BCUT2D eigenvalue weighted by molar-refractivity contribution is 0.475. The van der Waals surface area contributed by atoms with Crippen molar-refractivity contribution in [3.63, 3.8) is 0 Å². The summed E-state index contributed by atoms with van der Waals surface area (Å²) in [5, 5.41) is 12.7. The van der Waals surface area contributed by atoms with E-state index in [2.05, 4.69) is 20.3 Å². The molecule has 2 aromatic carbocycles. The number of hydrogen-bond donors (Lipinski definition) is 3. The van der Waals surface area contributed by atoms with Gasteiger partial charge in [-0.05, 0) is 42.5 Å². The highest BCUT2D eigenvalue weighted by Crippen LogP contribution is 2.25. The monoisotopic (exact) mass is 356 g/mol. The lowest BCUT2D eigenvalue weighted by Crippen LogP contribution is -1.96. The second-order valence-electron chi connectivity index (χ2n) is 5.30. The minimum atomic E-state index is 0.240. The number of hydrogen-bond acceptors (Lipinski definition) is 5. The number of rotatable bonds is 4. The van der Waals surface area contributed by atoms with Crippen molar-refractivity contribution in [3.8, 4) is 17.1 Å². The average Bonchev–Trinajstić information content (AvgIpc) is 3.19. The Morgan fingerprint density at radius 3 is 2.75 bits per heavy atom. The van der Waals surface area contributed by atoms with Gasteiger partial charge < -0.3 is 15.4 Å². The summed E-state index contributed by atoms with van der Waals surface area (Å²) in [6.45, 7) is 0.675. The number of phenols is 1. The van der Waals surface area contributed by atoms with Crippen molar-refractivity contribution in [2.24, 2.45) is 0 Å². The Morgan fingerprint density at radius 1 is 1.17 bits per heavy atom. The molecule has 0 aliphatic rings. The Bertz CT molecular complexity index is 993. The van der Waals surface area contributed by atoms with Crippen molar-refractivity contribution in [1.82, 2.24) is 15.0 Å². The van der Waals surface area contributed by atoms with Gasteiger partial charge in [0.1, 0.15) is 11.6 Å². The fraction of sp³-hybridized carbons (Fsp3) is 0.0588. The van der Waals surface area contributed by atoms with E-state index in [4.69, 9.17) is 11.6 Å². The molecule has 4 rings (SSSR count). The summed E-state index contributed by atoms with van der Waals surface area (Å²) in [5.74, 6) is 1.01. The molecule has 0 aliphatic carbocycles. The number of benzene rings is 2. The van der Waals surface area contributed by atoms with Crippen molar-refractivity contribution in [2.45, 2.75) is 6.54 Å². The summed E-state index contributed by atoms with van der Waals surface area (Å²) in [5.41, 5.74) is 3.76. The number of aromatic amines is 1.